The highest BCUT2D eigenvalue weighted by molar-refractivity contribution is 7.99. The van der Waals surface area contributed by atoms with Gasteiger partial charge in [-0.15, -0.1) is 0 Å². The molecule has 1 saturated heterocycles. The summed E-state index contributed by atoms with van der Waals surface area (Å²) in [5.41, 5.74) is 3.12. The van der Waals surface area contributed by atoms with Crippen molar-refractivity contribution in [2.24, 2.45) is 0 Å². The van der Waals surface area contributed by atoms with Crippen LogP contribution in [0.15, 0.2) is 36.4 Å². The highest BCUT2D eigenvalue weighted by Crippen LogP contribution is 2.30. The van der Waals surface area contributed by atoms with Crippen molar-refractivity contribution in [1.82, 2.24) is 10.3 Å². The first-order valence-corrected chi connectivity index (χ1v) is 9.77. The minimum atomic E-state index is 0.00648. The standard InChI is InChI=1S/C19H21N3O2S/c23-19(11-15-12-25-9-7-20-15)22-18-3-1-2-16(21-18)13-4-5-17-14(10-13)6-8-24-17/h1-5,10,15,20H,6-9,11-12H2,(H,21,22,23). The first-order valence-electron chi connectivity index (χ1n) is 8.62. The molecule has 2 aliphatic rings. The summed E-state index contributed by atoms with van der Waals surface area (Å²) in [6.07, 6.45) is 1.42. The lowest BCUT2D eigenvalue weighted by molar-refractivity contribution is -0.116. The number of hydrogen-bond acceptors (Lipinski definition) is 5. The number of rotatable bonds is 4. The van der Waals surface area contributed by atoms with E-state index < -0.39 is 0 Å². The molecule has 0 bridgehead atoms. The number of hydrogen-bond donors (Lipinski definition) is 2. The van der Waals surface area contributed by atoms with Crippen LogP contribution in [0.4, 0.5) is 5.82 Å². The van der Waals surface area contributed by atoms with Crippen LogP contribution in [0.25, 0.3) is 11.3 Å². The number of thioether (sulfide) groups is 1. The minimum absolute atomic E-state index is 0.00648. The van der Waals surface area contributed by atoms with Crippen LogP contribution in [-0.4, -0.2) is 41.6 Å². The maximum atomic E-state index is 12.3. The molecule has 3 heterocycles. The molecular formula is C19H21N3O2S. The van der Waals surface area contributed by atoms with Gasteiger partial charge in [-0.25, -0.2) is 4.98 Å². The number of anilines is 1. The van der Waals surface area contributed by atoms with E-state index in [2.05, 4.69) is 21.7 Å². The van der Waals surface area contributed by atoms with Crippen LogP contribution in [0, 0.1) is 0 Å². The maximum Gasteiger partial charge on any atom is 0.227 e. The average Bonchev–Trinajstić information content (AvgIpc) is 3.10. The SMILES string of the molecule is O=C(CC1CSCCN1)Nc1cccc(-c2ccc3c(c2)CCO3)n1. The molecule has 2 aliphatic heterocycles. The van der Waals surface area contributed by atoms with Crippen LogP contribution in [0.1, 0.15) is 12.0 Å². The van der Waals surface area contributed by atoms with Gasteiger partial charge in [-0.3, -0.25) is 4.79 Å². The Morgan fingerprint density at radius 3 is 3.20 bits per heavy atom. The number of carbonyl (C=O) groups is 1. The number of nitrogens with zero attached hydrogens (tertiary/aromatic N) is 1. The molecular weight excluding hydrogens is 334 g/mol. The lowest BCUT2D eigenvalue weighted by atomic mass is 10.1. The Labute approximate surface area is 151 Å². The Morgan fingerprint density at radius 2 is 2.32 bits per heavy atom. The van der Waals surface area contributed by atoms with Crippen molar-refractivity contribution in [3.63, 3.8) is 0 Å². The molecule has 130 valence electrons. The second-order valence-corrected chi connectivity index (χ2v) is 7.46. The van der Waals surface area contributed by atoms with Crippen molar-refractivity contribution in [2.45, 2.75) is 18.9 Å². The van der Waals surface area contributed by atoms with E-state index in [9.17, 15) is 4.79 Å². The number of nitrogens with one attached hydrogen (secondary N) is 2. The molecule has 0 aliphatic carbocycles. The van der Waals surface area contributed by atoms with Gasteiger partial charge in [0, 0.05) is 42.5 Å². The monoisotopic (exact) mass is 355 g/mol. The average molecular weight is 355 g/mol. The van der Waals surface area contributed by atoms with Crippen LogP contribution in [-0.2, 0) is 11.2 Å². The predicted molar refractivity (Wildman–Crippen MR) is 101 cm³/mol. The summed E-state index contributed by atoms with van der Waals surface area (Å²) in [7, 11) is 0. The Kier molecular flexibility index (Phi) is 4.90. The molecule has 2 N–H and O–H groups in total. The summed E-state index contributed by atoms with van der Waals surface area (Å²) in [5, 5.41) is 6.31. The lowest BCUT2D eigenvalue weighted by Gasteiger charge is -2.22. The number of fused-ring (bicyclic) bond motifs is 1. The Hall–Kier alpha value is -2.05. The molecule has 5 nitrogen and oxygen atoms in total. The van der Waals surface area contributed by atoms with Crippen LogP contribution in [0.5, 0.6) is 5.75 Å². The molecule has 1 aromatic carbocycles. The summed E-state index contributed by atoms with van der Waals surface area (Å²) in [5.74, 6) is 3.67. The van der Waals surface area contributed by atoms with Gasteiger partial charge in [0.15, 0.2) is 0 Å². The highest BCUT2D eigenvalue weighted by atomic mass is 32.2. The van der Waals surface area contributed by atoms with E-state index in [0.29, 0.717) is 12.2 Å². The van der Waals surface area contributed by atoms with Gasteiger partial charge in [0.1, 0.15) is 11.6 Å². The first kappa shape index (κ1) is 16.4. The Balaban J connectivity index is 1.45. The third-order valence-electron chi connectivity index (χ3n) is 4.43. The molecule has 0 saturated carbocycles. The van der Waals surface area contributed by atoms with Crippen molar-refractivity contribution in [3.05, 3.63) is 42.0 Å². The van der Waals surface area contributed by atoms with Gasteiger partial charge in [-0.05, 0) is 35.9 Å². The summed E-state index contributed by atoms with van der Waals surface area (Å²) in [4.78, 5) is 16.9. The fourth-order valence-corrected chi connectivity index (χ4v) is 4.13. The van der Waals surface area contributed by atoms with Crippen molar-refractivity contribution >= 4 is 23.5 Å². The minimum Gasteiger partial charge on any atom is -0.493 e. The zero-order valence-corrected chi connectivity index (χ0v) is 14.8. The van der Waals surface area contributed by atoms with Gasteiger partial charge in [0.25, 0.3) is 0 Å². The number of pyridine rings is 1. The molecule has 0 radical (unpaired) electrons. The zero-order valence-electron chi connectivity index (χ0n) is 14.0. The summed E-state index contributed by atoms with van der Waals surface area (Å²) in [6.45, 7) is 1.72. The number of benzene rings is 1. The van der Waals surface area contributed by atoms with Gasteiger partial charge in [-0.2, -0.15) is 11.8 Å². The Morgan fingerprint density at radius 1 is 1.36 bits per heavy atom. The van der Waals surface area contributed by atoms with Crippen LogP contribution < -0.4 is 15.4 Å². The predicted octanol–water partition coefficient (Wildman–Crippen LogP) is 2.72. The number of aromatic nitrogens is 1. The lowest BCUT2D eigenvalue weighted by Crippen LogP contribution is -2.39. The van der Waals surface area contributed by atoms with Gasteiger partial charge >= 0.3 is 0 Å². The van der Waals surface area contributed by atoms with E-state index in [1.807, 2.05) is 42.1 Å². The van der Waals surface area contributed by atoms with Crippen molar-refractivity contribution < 1.29 is 9.53 Å². The number of amides is 1. The molecule has 6 heteroatoms. The van der Waals surface area contributed by atoms with E-state index >= 15 is 0 Å². The van der Waals surface area contributed by atoms with Crippen molar-refractivity contribution in [2.75, 3.05) is 30.0 Å². The second kappa shape index (κ2) is 7.45. The summed E-state index contributed by atoms with van der Waals surface area (Å²) < 4.78 is 5.55. The van der Waals surface area contributed by atoms with Crippen LogP contribution >= 0.6 is 11.8 Å². The largest absolute Gasteiger partial charge is 0.493 e. The third-order valence-corrected chi connectivity index (χ3v) is 5.56. The van der Waals surface area contributed by atoms with E-state index in [4.69, 9.17) is 4.74 Å². The normalized spacial score (nSPS) is 19.1. The first-order chi connectivity index (χ1) is 12.3. The molecule has 1 atom stereocenters. The smallest absolute Gasteiger partial charge is 0.227 e. The molecule has 25 heavy (non-hydrogen) atoms. The third kappa shape index (κ3) is 3.96. The van der Waals surface area contributed by atoms with E-state index in [1.165, 1.54) is 5.56 Å². The molecule has 1 unspecified atom stereocenters. The topological polar surface area (TPSA) is 63.2 Å². The highest BCUT2D eigenvalue weighted by Gasteiger charge is 2.17. The molecule has 2 aromatic rings. The van der Waals surface area contributed by atoms with E-state index in [-0.39, 0.29) is 11.9 Å². The quantitative estimate of drug-likeness (QED) is 0.883. The van der Waals surface area contributed by atoms with E-state index in [1.54, 1.807) is 0 Å². The molecule has 1 fully saturated rings. The fourth-order valence-electron chi connectivity index (χ4n) is 3.18. The second-order valence-electron chi connectivity index (χ2n) is 6.31. The molecule has 0 spiro atoms. The van der Waals surface area contributed by atoms with E-state index in [0.717, 1.165) is 48.1 Å². The summed E-state index contributed by atoms with van der Waals surface area (Å²) in [6, 6.07) is 12.1. The number of ether oxygens (including phenoxy) is 1. The summed E-state index contributed by atoms with van der Waals surface area (Å²) >= 11 is 1.89. The van der Waals surface area contributed by atoms with Gasteiger partial charge < -0.3 is 15.4 Å². The number of carbonyl (C=O) groups excluding carboxylic acids is 1. The van der Waals surface area contributed by atoms with Crippen molar-refractivity contribution in [1.29, 1.82) is 0 Å². The maximum absolute atomic E-state index is 12.3. The Bertz CT molecular complexity index is 775. The fraction of sp³-hybridized carbons (Fsp3) is 0.368. The molecule has 4 rings (SSSR count). The molecule has 1 amide bonds. The van der Waals surface area contributed by atoms with Crippen LogP contribution in [0.3, 0.4) is 0 Å². The van der Waals surface area contributed by atoms with Crippen molar-refractivity contribution in [3.8, 4) is 17.0 Å². The van der Waals surface area contributed by atoms with Gasteiger partial charge in [-0.1, -0.05) is 6.07 Å². The molecule has 1 aromatic heterocycles. The van der Waals surface area contributed by atoms with Gasteiger partial charge in [0.05, 0.1) is 12.3 Å². The zero-order chi connectivity index (χ0) is 17.1. The van der Waals surface area contributed by atoms with Gasteiger partial charge in [0.2, 0.25) is 5.91 Å². The van der Waals surface area contributed by atoms with Crippen LogP contribution in [0.2, 0.25) is 0 Å².